The summed E-state index contributed by atoms with van der Waals surface area (Å²) in [6.07, 6.45) is 2.91. The number of thiazole rings is 1. The molecule has 0 fully saturated rings. The van der Waals surface area contributed by atoms with Gasteiger partial charge in [0, 0.05) is 4.88 Å². The molecule has 1 atom stereocenters. The predicted octanol–water partition coefficient (Wildman–Crippen LogP) is 4.46. The average molecular weight is 361 g/mol. The van der Waals surface area contributed by atoms with Gasteiger partial charge >= 0.3 is 0 Å². The van der Waals surface area contributed by atoms with Crippen molar-refractivity contribution in [2.24, 2.45) is 11.7 Å². The van der Waals surface area contributed by atoms with Gasteiger partial charge in [-0.3, -0.25) is 4.79 Å². The zero-order chi connectivity index (χ0) is 16.8. The van der Waals surface area contributed by atoms with Crippen molar-refractivity contribution in [3.05, 3.63) is 40.0 Å². The largest absolute Gasteiger partial charge is 0.365 e. The van der Waals surface area contributed by atoms with Crippen LogP contribution in [0.4, 0.5) is 14.5 Å². The Morgan fingerprint density at radius 3 is 3.00 bits per heavy atom. The van der Waals surface area contributed by atoms with Gasteiger partial charge in [-0.2, -0.15) is 0 Å². The second kappa shape index (κ2) is 5.82. The molecule has 0 saturated heterocycles. The predicted molar refractivity (Wildman–Crippen MR) is 96.9 cm³/mol. The molecule has 2 heterocycles. The molecule has 1 aromatic carbocycles. The quantitative estimate of drug-likeness (QED) is 0.723. The third-order valence-electron chi connectivity index (χ3n) is 4.35. The lowest BCUT2D eigenvalue weighted by Crippen LogP contribution is -2.17. The van der Waals surface area contributed by atoms with Crippen LogP contribution < -0.4 is 11.1 Å². The lowest BCUT2D eigenvalue weighted by molar-refractivity contribution is 0.1000. The van der Waals surface area contributed by atoms with Crippen molar-refractivity contribution >= 4 is 48.9 Å². The number of para-hydroxylation sites is 1. The summed E-state index contributed by atoms with van der Waals surface area (Å²) in [4.78, 5) is 17.5. The van der Waals surface area contributed by atoms with Gasteiger partial charge in [-0.25, -0.2) is 9.37 Å². The second-order valence-electron chi connectivity index (χ2n) is 6.15. The number of thiophene rings is 1. The molecule has 3 N–H and O–H groups in total. The molecular formula is C17H16FN3OS2. The second-order valence-corrected chi connectivity index (χ2v) is 8.29. The van der Waals surface area contributed by atoms with Gasteiger partial charge in [0.15, 0.2) is 5.13 Å². The molecule has 0 radical (unpaired) electrons. The highest BCUT2D eigenvalue weighted by Crippen LogP contribution is 2.41. The van der Waals surface area contributed by atoms with E-state index in [1.807, 2.05) is 6.07 Å². The number of aromatic nitrogens is 1. The minimum Gasteiger partial charge on any atom is -0.365 e. The van der Waals surface area contributed by atoms with Crippen molar-refractivity contribution in [1.29, 1.82) is 0 Å². The molecule has 1 aliphatic carbocycles. The van der Waals surface area contributed by atoms with Gasteiger partial charge < -0.3 is 11.1 Å². The summed E-state index contributed by atoms with van der Waals surface area (Å²) in [6, 6.07) is 4.89. The van der Waals surface area contributed by atoms with E-state index >= 15 is 0 Å². The van der Waals surface area contributed by atoms with Crippen molar-refractivity contribution in [1.82, 2.24) is 4.98 Å². The summed E-state index contributed by atoms with van der Waals surface area (Å²) in [5.41, 5.74) is 7.61. The van der Waals surface area contributed by atoms with Crippen molar-refractivity contribution in [2.75, 3.05) is 5.32 Å². The number of anilines is 2. The SMILES string of the molecule is C[C@@H]1CCc2c(sc(Nc3nc4c(F)cccc4s3)c2C(N)=O)C1. The minimum atomic E-state index is -0.420. The zero-order valence-electron chi connectivity index (χ0n) is 13.1. The van der Waals surface area contributed by atoms with Crippen LogP contribution in [0.5, 0.6) is 0 Å². The van der Waals surface area contributed by atoms with Crippen LogP contribution in [0.25, 0.3) is 10.2 Å². The number of rotatable bonds is 3. The summed E-state index contributed by atoms with van der Waals surface area (Å²) < 4.78 is 14.6. The fraction of sp³-hybridized carbons (Fsp3) is 0.294. The van der Waals surface area contributed by atoms with E-state index < -0.39 is 5.91 Å². The van der Waals surface area contributed by atoms with E-state index in [2.05, 4.69) is 17.2 Å². The standard InChI is InChI=1S/C17H16FN3OS2/c1-8-5-6-9-12(7-8)23-16(13(9)15(19)22)21-17-20-14-10(18)3-2-4-11(14)24-17/h2-4,8H,5-7H2,1H3,(H2,19,22)(H,20,21)/t8-/m1/s1. The highest BCUT2D eigenvalue weighted by atomic mass is 32.1. The number of hydrogen-bond donors (Lipinski definition) is 2. The summed E-state index contributed by atoms with van der Waals surface area (Å²) >= 11 is 2.93. The number of fused-ring (bicyclic) bond motifs is 2. The van der Waals surface area contributed by atoms with E-state index in [9.17, 15) is 9.18 Å². The van der Waals surface area contributed by atoms with Gasteiger partial charge in [0.2, 0.25) is 0 Å². The maximum Gasteiger partial charge on any atom is 0.251 e. The first-order valence-electron chi connectivity index (χ1n) is 7.79. The number of benzene rings is 1. The number of primary amides is 1. The Morgan fingerprint density at radius 2 is 2.25 bits per heavy atom. The van der Waals surface area contributed by atoms with Gasteiger partial charge in [0.05, 0.1) is 10.3 Å². The van der Waals surface area contributed by atoms with E-state index in [1.54, 1.807) is 17.4 Å². The van der Waals surface area contributed by atoms with Gasteiger partial charge in [-0.1, -0.05) is 24.3 Å². The van der Waals surface area contributed by atoms with Crippen LogP contribution in [-0.4, -0.2) is 10.9 Å². The Labute approximate surface area is 146 Å². The Kier molecular flexibility index (Phi) is 3.77. The number of nitrogens with two attached hydrogens (primary N) is 1. The monoisotopic (exact) mass is 361 g/mol. The fourth-order valence-electron chi connectivity index (χ4n) is 3.17. The molecule has 0 unspecified atom stereocenters. The van der Waals surface area contributed by atoms with Crippen molar-refractivity contribution in [2.45, 2.75) is 26.2 Å². The molecule has 1 aliphatic rings. The number of halogens is 1. The third-order valence-corrected chi connectivity index (χ3v) is 6.45. The average Bonchev–Trinajstić information content (AvgIpc) is 3.08. The molecular weight excluding hydrogens is 345 g/mol. The number of carbonyl (C=O) groups excluding carboxylic acids is 1. The molecule has 1 amide bonds. The van der Waals surface area contributed by atoms with Crippen LogP contribution in [0.2, 0.25) is 0 Å². The van der Waals surface area contributed by atoms with Gasteiger partial charge in [-0.05, 0) is 42.9 Å². The molecule has 0 bridgehead atoms. The van der Waals surface area contributed by atoms with Crippen LogP contribution in [0.15, 0.2) is 18.2 Å². The van der Waals surface area contributed by atoms with E-state index in [0.29, 0.717) is 22.1 Å². The van der Waals surface area contributed by atoms with Crippen LogP contribution in [0.3, 0.4) is 0 Å². The van der Waals surface area contributed by atoms with Crippen LogP contribution >= 0.6 is 22.7 Å². The van der Waals surface area contributed by atoms with Crippen LogP contribution in [-0.2, 0) is 12.8 Å². The van der Waals surface area contributed by atoms with Crippen LogP contribution in [0, 0.1) is 11.7 Å². The summed E-state index contributed by atoms with van der Waals surface area (Å²) in [7, 11) is 0. The molecule has 2 aromatic heterocycles. The van der Waals surface area contributed by atoms with Gasteiger partial charge in [-0.15, -0.1) is 11.3 Å². The van der Waals surface area contributed by atoms with Crippen LogP contribution in [0.1, 0.15) is 34.1 Å². The lowest BCUT2D eigenvalue weighted by Gasteiger charge is -2.18. The van der Waals surface area contributed by atoms with Crippen molar-refractivity contribution in [3.63, 3.8) is 0 Å². The molecule has 7 heteroatoms. The lowest BCUT2D eigenvalue weighted by atomic mass is 9.88. The Hall–Kier alpha value is -1.99. The van der Waals surface area contributed by atoms with E-state index in [-0.39, 0.29) is 5.82 Å². The molecule has 0 saturated carbocycles. The number of hydrogen-bond acceptors (Lipinski definition) is 5. The molecule has 4 nitrogen and oxygen atoms in total. The van der Waals surface area contributed by atoms with Crippen molar-refractivity contribution < 1.29 is 9.18 Å². The first-order valence-corrected chi connectivity index (χ1v) is 9.42. The third kappa shape index (κ3) is 2.57. The highest BCUT2D eigenvalue weighted by molar-refractivity contribution is 7.23. The van der Waals surface area contributed by atoms with Crippen molar-refractivity contribution in [3.8, 4) is 0 Å². The van der Waals surface area contributed by atoms with E-state index in [1.165, 1.54) is 22.3 Å². The van der Waals surface area contributed by atoms with Gasteiger partial charge in [0.25, 0.3) is 5.91 Å². The van der Waals surface area contributed by atoms with E-state index in [0.717, 1.165) is 34.5 Å². The first kappa shape index (κ1) is 15.5. The van der Waals surface area contributed by atoms with E-state index in [4.69, 9.17) is 5.73 Å². The van der Waals surface area contributed by atoms with Gasteiger partial charge in [0.1, 0.15) is 16.3 Å². The Balaban J connectivity index is 1.75. The molecule has 0 spiro atoms. The maximum atomic E-state index is 13.8. The summed E-state index contributed by atoms with van der Waals surface area (Å²) in [5.74, 6) is -0.149. The normalized spacial score (nSPS) is 17.0. The summed E-state index contributed by atoms with van der Waals surface area (Å²) in [5, 5.41) is 4.50. The minimum absolute atomic E-state index is 0.341. The fourth-order valence-corrected chi connectivity index (χ4v) is 5.53. The smallest absolute Gasteiger partial charge is 0.251 e. The summed E-state index contributed by atoms with van der Waals surface area (Å²) in [6.45, 7) is 2.22. The molecule has 24 heavy (non-hydrogen) atoms. The topological polar surface area (TPSA) is 68.0 Å². The Morgan fingerprint density at radius 1 is 1.42 bits per heavy atom. The number of nitrogens with zero attached hydrogens (tertiary/aromatic N) is 1. The number of amides is 1. The first-order chi connectivity index (χ1) is 11.5. The molecule has 124 valence electrons. The zero-order valence-corrected chi connectivity index (χ0v) is 14.7. The number of carbonyl (C=O) groups is 1. The molecule has 0 aliphatic heterocycles. The Bertz CT molecular complexity index is 947. The number of nitrogens with one attached hydrogen (secondary N) is 1. The maximum absolute atomic E-state index is 13.8. The molecule has 3 aromatic rings. The molecule has 4 rings (SSSR count). The highest BCUT2D eigenvalue weighted by Gasteiger charge is 2.27.